The average molecular weight is 401 g/mol. The molecule has 0 saturated carbocycles. The van der Waals surface area contributed by atoms with E-state index >= 15 is 0 Å². The second kappa shape index (κ2) is 6.27. The molecule has 0 atom stereocenters. The Labute approximate surface area is 141 Å². The van der Waals surface area contributed by atoms with Crippen LogP contribution < -0.4 is 0 Å². The predicted octanol–water partition coefficient (Wildman–Crippen LogP) is 5.27. The quantitative estimate of drug-likeness (QED) is 0.547. The van der Waals surface area contributed by atoms with E-state index in [0.29, 0.717) is 16.6 Å². The SMILES string of the molecule is Fc1cc(F)c(-c2c(F)nnc(F)c2-c2ccc(Br)cc2)c(F)c1. The van der Waals surface area contributed by atoms with Gasteiger partial charge in [0, 0.05) is 16.6 Å². The van der Waals surface area contributed by atoms with Crippen molar-refractivity contribution >= 4 is 15.9 Å². The Hall–Kier alpha value is -2.35. The van der Waals surface area contributed by atoms with E-state index in [9.17, 15) is 22.0 Å². The van der Waals surface area contributed by atoms with Crippen molar-refractivity contribution in [2.45, 2.75) is 0 Å². The van der Waals surface area contributed by atoms with Gasteiger partial charge in [-0.1, -0.05) is 28.1 Å². The number of aromatic nitrogens is 2. The van der Waals surface area contributed by atoms with E-state index in [4.69, 9.17) is 0 Å². The molecule has 1 aromatic heterocycles. The molecule has 0 amide bonds. The minimum absolute atomic E-state index is 0.127. The highest BCUT2D eigenvalue weighted by Gasteiger charge is 2.25. The van der Waals surface area contributed by atoms with Gasteiger partial charge in [-0.3, -0.25) is 0 Å². The molecule has 2 aromatic carbocycles. The van der Waals surface area contributed by atoms with Crippen molar-refractivity contribution in [3.05, 3.63) is 70.2 Å². The minimum Gasteiger partial charge on any atom is -0.207 e. The van der Waals surface area contributed by atoms with Crippen molar-refractivity contribution in [2.24, 2.45) is 0 Å². The molecule has 0 N–H and O–H groups in total. The lowest BCUT2D eigenvalue weighted by atomic mass is 9.96. The molecule has 3 rings (SSSR count). The fourth-order valence-electron chi connectivity index (χ4n) is 2.28. The molecule has 2 nitrogen and oxygen atoms in total. The molecule has 3 aromatic rings. The second-order valence-electron chi connectivity index (χ2n) is 4.78. The van der Waals surface area contributed by atoms with Gasteiger partial charge in [-0.15, -0.1) is 10.2 Å². The predicted molar refractivity (Wildman–Crippen MR) is 80.4 cm³/mol. The van der Waals surface area contributed by atoms with Crippen molar-refractivity contribution < 1.29 is 22.0 Å². The second-order valence-corrected chi connectivity index (χ2v) is 5.70. The summed E-state index contributed by atoms with van der Waals surface area (Å²) in [4.78, 5) is 0. The van der Waals surface area contributed by atoms with Crippen LogP contribution in [0.15, 0.2) is 40.9 Å². The van der Waals surface area contributed by atoms with Crippen LogP contribution in [0.4, 0.5) is 22.0 Å². The molecular formula is C16H6BrF5N2. The molecule has 0 unspecified atom stereocenters. The van der Waals surface area contributed by atoms with Gasteiger partial charge >= 0.3 is 0 Å². The Balaban J connectivity index is 2.37. The summed E-state index contributed by atoms with van der Waals surface area (Å²) in [5.74, 6) is -6.52. The highest BCUT2D eigenvalue weighted by Crippen LogP contribution is 2.38. The molecule has 0 spiro atoms. The van der Waals surface area contributed by atoms with E-state index in [1.165, 1.54) is 24.3 Å². The Morgan fingerprint density at radius 2 is 1.17 bits per heavy atom. The minimum atomic E-state index is -1.38. The molecule has 0 aliphatic heterocycles. The van der Waals surface area contributed by atoms with Crippen LogP contribution in [0.3, 0.4) is 0 Å². The summed E-state index contributed by atoms with van der Waals surface area (Å²) in [5, 5.41) is 5.95. The van der Waals surface area contributed by atoms with Crippen LogP contribution in [-0.4, -0.2) is 10.2 Å². The third-order valence-electron chi connectivity index (χ3n) is 3.28. The molecule has 0 saturated heterocycles. The van der Waals surface area contributed by atoms with Gasteiger partial charge in [0.1, 0.15) is 17.5 Å². The number of rotatable bonds is 2. The monoisotopic (exact) mass is 400 g/mol. The Kier molecular flexibility index (Phi) is 4.31. The first-order valence-electron chi connectivity index (χ1n) is 6.51. The average Bonchev–Trinajstić information content (AvgIpc) is 2.51. The third kappa shape index (κ3) is 2.89. The molecule has 8 heteroatoms. The zero-order chi connectivity index (χ0) is 17.4. The van der Waals surface area contributed by atoms with Gasteiger partial charge in [-0.25, -0.2) is 13.2 Å². The topological polar surface area (TPSA) is 25.8 Å². The van der Waals surface area contributed by atoms with E-state index in [2.05, 4.69) is 26.1 Å². The number of halogens is 6. The van der Waals surface area contributed by atoms with Crippen LogP contribution in [0.25, 0.3) is 22.3 Å². The van der Waals surface area contributed by atoms with Gasteiger partial charge in [0.25, 0.3) is 0 Å². The molecule has 0 fully saturated rings. The highest BCUT2D eigenvalue weighted by molar-refractivity contribution is 9.10. The third-order valence-corrected chi connectivity index (χ3v) is 3.81. The molecule has 0 bridgehead atoms. The van der Waals surface area contributed by atoms with Crippen LogP contribution in [0.1, 0.15) is 0 Å². The van der Waals surface area contributed by atoms with Crippen molar-refractivity contribution in [1.82, 2.24) is 10.2 Å². The summed E-state index contributed by atoms with van der Waals surface area (Å²) >= 11 is 3.19. The maximum absolute atomic E-state index is 14.2. The first-order valence-corrected chi connectivity index (χ1v) is 7.30. The summed E-state index contributed by atoms with van der Waals surface area (Å²) < 4.78 is 70.2. The lowest BCUT2D eigenvalue weighted by Crippen LogP contribution is -2.04. The molecule has 122 valence electrons. The molecule has 0 aliphatic carbocycles. The summed E-state index contributed by atoms with van der Waals surface area (Å²) in [6.45, 7) is 0. The van der Waals surface area contributed by atoms with Gasteiger partial charge in [0.15, 0.2) is 0 Å². The van der Waals surface area contributed by atoms with Gasteiger partial charge in [-0.2, -0.15) is 8.78 Å². The summed E-state index contributed by atoms with van der Waals surface area (Å²) in [6, 6.07) is 6.64. The van der Waals surface area contributed by atoms with Crippen LogP contribution in [-0.2, 0) is 0 Å². The number of hydrogen-bond acceptors (Lipinski definition) is 2. The van der Waals surface area contributed by atoms with Crippen LogP contribution in [0.2, 0.25) is 0 Å². The summed E-state index contributed by atoms with van der Waals surface area (Å²) in [7, 11) is 0. The molecule has 0 radical (unpaired) electrons. The standard InChI is InChI=1S/C16H6BrF5N2/c17-8-3-1-7(2-4-8)12-14(16(22)24-23-15(12)21)13-10(19)5-9(18)6-11(13)20/h1-6H. The molecule has 24 heavy (non-hydrogen) atoms. The maximum atomic E-state index is 14.2. The molecule has 1 heterocycles. The van der Waals surface area contributed by atoms with Crippen molar-refractivity contribution in [3.8, 4) is 22.3 Å². The van der Waals surface area contributed by atoms with E-state index in [1.807, 2.05) is 0 Å². The van der Waals surface area contributed by atoms with Crippen molar-refractivity contribution in [1.29, 1.82) is 0 Å². The smallest absolute Gasteiger partial charge is 0.207 e. The fourth-order valence-corrected chi connectivity index (χ4v) is 2.55. The Morgan fingerprint density at radius 1 is 0.667 bits per heavy atom. The van der Waals surface area contributed by atoms with E-state index in [0.717, 1.165) is 0 Å². The first kappa shape index (κ1) is 16.5. The van der Waals surface area contributed by atoms with Crippen molar-refractivity contribution in [2.75, 3.05) is 0 Å². The zero-order valence-corrected chi connectivity index (χ0v) is 13.2. The van der Waals surface area contributed by atoms with Gasteiger partial charge in [0.05, 0.1) is 16.7 Å². The van der Waals surface area contributed by atoms with Crippen LogP contribution >= 0.6 is 15.9 Å². The fraction of sp³-hybridized carbons (Fsp3) is 0. The van der Waals surface area contributed by atoms with E-state index in [-0.39, 0.29) is 5.56 Å². The summed E-state index contributed by atoms with van der Waals surface area (Å²) in [5.41, 5.74) is -2.03. The van der Waals surface area contributed by atoms with Gasteiger partial charge < -0.3 is 0 Å². The highest BCUT2D eigenvalue weighted by atomic mass is 79.9. The molecular weight excluding hydrogens is 395 g/mol. The first-order chi connectivity index (χ1) is 11.4. The Bertz CT molecular complexity index is 905. The van der Waals surface area contributed by atoms with Crippen LogP contribution in [0.5, 0.6) is 0 Å². The zero-order valence-electron chi connectivity index (χ0n) is 11.6. The maximum Gasteiger partial charge on any atom is 0.242 e. The molecule has 0 aliphatic rings. The lowest BCUT2D eigenvalue weighted by molar-refractivity contribution is 0.508. The lowest BCUT2D eigenvalue weighted by Gasteiger charge is -2.12. The largest absolute Gasteiger partial charge is 0.242 e. The normalized spacial score (nSPS) is 10.9. The van der Waals surface area contributed by atoms with Crippen LogP contribution in [0, 0.1) is 29.3 Å². The van der Waals surface area contributed by atoms with Gasteiger partial charge in [0.2, 0.25) is 11.9 Å². The summed E-state index contributed by atoms with van der Waals surface area (Å²) in [6.07, 6.45) is 0. The number of hydrogen-bond donors (Lipinski definition) is 0. The van der Waals surface area contributed by atoms with E-state index in [1.54, 1.807) is 0 Å². The number of benzene rings is 2. The number of nitrogens with zero attached hydrogens (tertiary/aromatic N) is 2. The van der Waals surface area contributed by atoms with Crippen molar-refractivity contribution in [3.63, 3.8) is 0 Å². The Morgan fingerprint density at radius 3 is 1.71 bits per heavy atom. The van der Waals surface area contributed by atoms with E-state index < -0.39 is 46.0 Å². The van der Waals surface area contributed by atoms with Gasteiger partial charge in [-0.05, 0) is 17.7 Å².